The number of nitrogens with two attached hydrogens (primary N) is 1. The minimum absolute atomic E-state index is 0.000801. The molecule has 1 heterocycles. The zero-order valence-corrected chi connectivity index (χ0v) is 13.1. The number of nitrogens with zero attached hydrogens (tertiary/aromatic N) is 1. The molecule has 20 heavy (non-hydrogen) atoms. The summed E-state index contributed by atoms with van der Waals surface area (Å²) in [5.74, 6) is 0. The number of rotatable bonds is 9. The van der Waals surface area contributed by atoms with E-state index in [2.05, 4.69) is 23.6 Å². The van der Waals surface area contributed by atoms with E-state index in [9.17, 15) is 8.42 Å². The Morgan fingerprint density at radius 3 is 2.50 bits per heavy atom. The van der Waals surface area contributed by atoms with E-state index < -0.39 is 10.0 Å². The van der Waals surface area contributed by atoms with Gasteiger partial charge in [-0.25, -0.2) is 13.1 Å². The van der Waals surface area contributed by atoms with Crippen molar-refractivity contribution in [2.45, 2.75) is 63.4 Å². The number of pyridine rings is 1. The molecule has 6 heteroatoms. The van der Waals surface area contributed by atoms with Crippen LogP contribution in [0, 0.1) is 0 Å². The van der Waals surface area contributed by atoms with Crippen molar-refractivity contribution < 1.29 is 8.42 Å². The van der Waals surface area contributed by atoms with Crippen LogP contribution in [0.15, 0.2) is 23.2 Å². The lowest BCUT2D eigenvalue weighted by Gasteiger charge is -2.17. The fraction of sp³-hybridized carbons (Fsp3) is 0.643. The van der Waals surface area contributed by atoms with E-state index in [0.29, 0.717) is 12.2 Å². The average Bonchev–Trinajstić information content (AvgIpc) is 2.45. The monoisotopic (exact) mass is 299 g/mol. The maximum absolute atomic E-state index is 12.3. The molecule has 0 spiro atoms. The molecule has 1 rings (SSSR count). The van der Waals surface area contributed by atoms with Gasteiger partial charge in [-0.3, -0.25) is 4.98 Å². The summed E-state index contributed by atoms with van der Waals surface area (Å²) in [7, 11) is -3.49. The Hall–Kier alpha value is -0.980. The van der Waals surface area contributed by atoms with Gasteiger partial charge in [-0.05, 0) is 25.0 Å². The minimum atomic E-state index is -3.49. The van der Waals surface area contributed by atoms with Crippen LogP contribution >= 0.6 is 0 Å². The lowest BCUT2D eigenvalue weighted by Crippen LogP contribution is -2.34. The van der Waals surface area contributed by atoms with Crippen molar-refractivity contribution >= 4 is 10.0 Å². The molecule has 1 aromatic rings. The predicted octanol–water partition coefficient (Wildman–Crippen LogP) is 2.18. The summed E-state index contributed by atoms with van der Waals surface area (Å²) in [5.41, 5.74) is 6.14. The highest BCUT2D eigenvalue weighted by molar-refractivity contribution is 7.89. The van der Waals surface area contributed by atoms with Gasteiger partial charge < -0.3 is 5.73 Å². The molecule has 3 N–H and O–H groups in total. The molecule has 5 nitrogen and oxygen atoms in total. The van der Waals surface area contributed by atoms with Crippen LogP contribution in [0.4, 0.5) is 0 Å². The molecule has 0 saturated carbocycles. The maximum Gasteiger partial charge on any atom is 0.242 e. The van der Waals surface area contributed by atoms with Crippen molar-refractivity contribution in [3.63, 3.8) is 0 Å². The van der Waals surface area contributed by atoms with E-state index in [1.54, 1.807) is 12.1 Å². The lowest BCUT2D eigenvalue weighted by atomic mass is 10.1. The Morgan fingerprint density at radius 2 is 2.00 bits per heavy atom. The van der Waals surface area contributed by atoms with E-state index >= 15 is 0 Å². The first-order chi connectivity index (χ1) is 9.53. The van der Waals surface area contributed by atoms with Crippen molar-refractivity contribution in [2.24, 2.45) is 5.73 Å². The smallest absolute Gasteiger partial charge is 0.242 e. The quantitative estimate of drug-likeness (QED) is 0.732. The summed E-state index contributed by atoms with van der Waals surface area (Å²) in [6, 6.07) is 3.20. The van der Waals surface area contributed by atoms with E-state index in [-0.39, 0.29) is 10.9 Å². The van der Waals surface area contributed by atoms with Crippen molar-refractivity contribution in [2.75, 3.05) is 0 Å². The van der Waals surface area contributed by atoms with E-state index in [4.69, 9.17) is 5.73 Å². The summed E-state index contributed by atoms with van der Waals surface area (Å²) >= 11 is 0. The van der Waals surface area contributed by atoms with Gasteiger partial charge in [-0.15, -0.1) is 0 Å². The van der Waals surface area contributed by atoms with Crippen molar-refractivity contribution in [1.82, 2.24) is 9.71 Å². The molecule has 0 aliphatic heterocycles. The van der Waals surface area contributed by atoms with Gasteiger partial charge in [0.15, 0.2) is 0 Å². The van der Waals surface area contributed by atoms with Gasteiger partial charge >= 0.3 is 0 Å². The van der Waals surface area contributed by atoms with Crippen LogP contribution in [0.5, 0.6) is 0 Å². The minimum Gasteiger partial charge on any atom is -0.325 e. The maximum atomic E-state index is 12.3. The normalized spacial score (nSPS) is 13.3. The van der Waals surface area contributed by atoms with Gasteiger partial charge in [-0.2, -0.15) is 0 Å². The average molecular weight is 299 g/mol. The molecule has 0 fully saturated rings. The van der Waals surface area contributed by atoms with Crippen LogP contribution in [0.2, 0.25) is 0 Å². The molecular weight excluding hydrogens is 274 g/mol. The predicted molar refractivity (Wildman–Crippen MR) is 80.7 cm³/mol. The SMILES string of the molecule is CCCCC(CCC)NS(=O)(=O)c1ccc(CN)nc1. The largest absolute Gasteiger partial charge is 0.325 e. The first-order valence-electron chi connectivity index (χ1n) is 7.20. The zero-order valence-electron chi connectivity index (χ0n) is 12.3. The third-order valence-electron chi connectivity index (χ3n) is 3.18. The Kier molecular flexibility index (Phi) is 7.12. The summed E-state index contributed by atoms with van der Waals surface area (Å²) in [6.45, 7) is 4.47. The second-order valence-electron chi connectivity index (χ2n) is 4.94. The molecule has 0 aliphatic rings. The molecule has 0 radical (unpaired) electrons. The fourth-order valence-corrected chi connectivity index (χ4v) is 3.29. The molecule has 1 unspecified atom stereocenters. The third kappa shape index (κ3) is 5.19. The molecular formula is C14H25N3O2S. The van der Waals surface area contributed by atoms with Crippen LogP contribution in [0.1, 0.15) is 51.6 Å². The molecule has 0 amide bonds. The first-order valence-corrected chi connectivity index (χ1v) is 8.69. The fourth-order valence-electron chi connectivity index (χ4n) is 2.04. The van der Waals surface area contributed by atoms with E-state index in [1.165, 1.54) is 6.20 Å². The zero-order chi connectivity index (χ0) is 15.0. The van der Waals surface area contributed by atoms with Crippen LogP contribution in [-0.2, 0) is 16.6 Å². The van der Waals surface area contributed by atoms with Gasteiger partial charge in [0.2, 0.25) is 10.0 Å². The molecule has 0 aromatic carbocycles. The Bertz CT molecular complexity index is 486. The van der Waals surface area contributed by atoms with Crippen molar-refractivity contribution in [3.8, 4) is 0 Å². The van der Waals surface area contributed by atoms with Crippen LogP contribution in [0.25, 0.3) is 0 Å². The van der Waals surface area contributed by atoms with E-state index in [1.807, 2.05) is 0 Å². The summed E-state index contributed by atoms with van der Waals surface area (Å²) in [4.78, 5) is 4.24. The van der Waals surface area contributed by atoms with Gasteiger partial charge in [0.05, 0.1) is 5.69 Å². The first kappa shape index (κ1) is 17.1. The molecule has 0 bridgehead atoms. The lowest BCUT2D eigenvalue weighted by molar-refractivity contribution is 0.483. The number of hydrogen-bond donors (Lipinski definition) is 2. The summed E-state index contributed by atoms with van der Waals surface area (Å²) in [6.07, 6.45) is 6.15. The Balaban J connectivity index is 2.79. The molecule has 0 aliphatic carbocycles. The second kappa shape index (κ2) is 8.34. The van der Waals surface area contributed by atoms with Gasteiger partial charge in [0.25, 0.3) is 0 Å². The molecule has 1 atom stereocenters. The molecule has 1 aromatic heterocycles. The Morgan fingerprint density at radius 1 is 1.25 bits per heavy atom. The molecule has 114 valence electrons. The highest BCUT2D eigenvalue weighted by Gasteiger charge is 2.19. The Labute approximate surface area is 122 Å². The number of nitrogens with one attached hydrogen (secondary N) is 1. The number of sulfonamides is 1. The van der Waals surface area contributed by atoms with Crippen LogP contribution in [-0.4, -0.2) is 19.4 Å². The van der Waals surface area contributed by atoms with Gasteiger partial charge in [0.1, 0.15) is 4.90 Å². The number of unbranched alkanes of at least 4 members (excludes halogenated alkanes) is 1. The third-order valence-corrected chi connectivity index (χ3v) is 4.69. The summed E-state index contributed by atoms with van der Waals surface area (Å²) in [5, 5.41) is 0. The number of hydrogen-bond acceptors (Lipinski definition) is 4. The summed E-state index contributed by atoms with van der Waals surface area (Å²) < 4.78 is 27.4. The van der Waals surface area contributed by atoms with Crippen molar-refractivity contribution in [3.05, 3.63) is 24.0 Å². The highest BCUT2D eigenvalue weighted by Crippen LogP contribution is 2.13. The molecule has 0 saturated heterocycles. The van der Waals surface area contributed by atoms with E-state index in [0.717, 1.165) is 32.1 Å². The van der Waals surface area contributed by atoms with Gasteiger partial charge in [-0.1, -0.05) is 33.1 Å². The van der Waals surface area contributed by atoms with Crippen LogP contribution in [0.3, 0.4) is 0 Å². The highest BCUT2D eigenvalue weighted by atomic mass is 32.2. The van der Waals surface area contributed by atoms with Crippen LogP contribution < -0.4 is 10.5 Å². The number of aromatic nitrogens is 1. The standard InChI is InChI=1S/C14H25N3O2S/c1-3-5-7-12(6-4-2)17-20(18,19)14-9-8-13(10-15)16-11-14/h8-9,11-12,17H,3-7,10,15H2,1-2H3. The second-order valence-corrected chi connectivity index (χ2v) is 6.65. The van der Waals surface area contributed by atoms with Crippen molar-refractivity contribution in [1.29, 1.82) is 0 Å². The van der Waals surface area contributed by atoms with Gasteiger partial charge in [0, 0.05) is 18.8 Å². The topological polar surface area (TPSA) is 85.1 Å².